The standard InChI is InChI=1S/C14H20N2O2/c1-11-5-6-13(15-8-11)12-4-3-7-16(9-12)14(17)10-18-2/h5-6,8,12H,3-4,7,9-10H2,1-2H3/t12-/m1/s1. The summed E-state index contributed by atoms with van der Waals surface area (Å²) in [5, 5.41) is 0. The predicted molar refractivity (Wildman–Crippen MR) is 69.4 cm³/mol. The van der Waals surface area contributed by atoms with E-state index in [0.29, 0.717) is 5.92 Å². The zero-order chi connectivity index (χ0) is 13.0. The molecule has 0 aromatic carbocycles. The summed E-state index contributed by atoms with van der Waals surface area (Å²) in [5.41, 5.74) is 2.26. The van der Waals surface area contributed by atoms with E-state index in [1.807, 2.05) is 18.0 Å². The summed E-state index contributed by atoms with van der Waals surface area (Å²) in [4.78, 5) is 18.2. The molecule has 0 spiro atoms. The first-order chi connectivity index (χ1) is 8.70. The summed E-state index contributed by atoms with van der Waals surface area (Å²) in [6.45, 7) is 3.81. The Morgan fingerprint density at radius 2 is 2.39 bits per heavy atom. The number of methoxy groups -OCH3 is 1. The first kappa shape index (κ1) is 13.0. The number of piperidine rings is 1. The van der Waals surface area contributed by atoms with Gasteiger partial charge in [0.2, 0.25) is 5.91 Å². The Balaban J connectivity index is 2.02. The van der Waals surface area contributed by atoms with Crippen molar-refractivity contribution >= 4 is 5.91 Å². The second-order valence-corrected chi connectivity index (χ2v) is 4.87. The van der Waals surface area contributed by atoms with Crippen LogP contribution in [0.3, 0.4) is 0 Å². The molecule has 0 unspecified atom stereocenters. The number of pyridine rings is 1. The highest BCUT2D eigenvalue weighted by molar-refractivity contribution is 5.77. The summed E-state index contributed by atoms with van der Waals surface area (Å²) in [6, 6.07) is 4.16. The highest BCUT2D eigenvalue weighted by Gasteiger charge is 2.25. The molecule has 98 valence electrons. The molecule has 1 fully saturated rings. The van der Waals surface area contributed by atoms with E-state index < -0.39 is 0 Å². The molecular formula is C14H20N2O2. The quantitative estimate of drug-likeness (QED) is 0.818. The molecule has 0 saturated carbocycles. The van der Waals surface area contributed by atoms with Gasteiger partial charge >= 0.3 is 0 Å². The molecule has 2 rings (SSSR count). The van der Waals surface area contributed by atoms with E-state index >= 15 is 0 Å². The molecule has 1 aliphatic rings. The molecule has 1 aromatic rings. The molecule has 1 aliphatic heterocycles. The molecule has 0 bridgehead atoms. The lowest BCUT2D eigenvalue weighted by molar-refractivity contribution is -0.136. The summed E-state index contributed by atoms with van der Waals surface area (Å²) in [6.07, 6.45) is 4.04. The summed E-state index contributed by atoms with van der Waals surface area (Å²) in [7, 11) is 1.56. The fraction of sp³-hybridized carbons (Fsp3) is 0.571. The molecule has 0 radical (unpaired) electrons. The zero-order valence-corrected chi connectivity index (χ0v) is 11.1. The first-order valence-corrected chi connectivity index (χ1v) is 6.40. The Kier molecular flexibility index (Phi) is 4.31. The van der Waals surface area contributed by atoms with Gasteiger partial charge in [-0.2, -0.15) is 0 Å². The first-order valence-electron chi connectivity index (χ1n) is 6.40. The van der Waals surface area contributed by atoms with Gasteiger partial charge in [-0.1, -0.05) is 6.07 Å². The Hall–Kier alpha value is -1.42. The normalized spacial score (nSPS) is 19.9. The Morgan fingerprint density at radius 1 is 1.56 bits per heavy atom. The van der Waals surface area contributed by atoms with Gasteiger partial charge in [0, 0.05) is 38.0 Å². The maximum atomic E-state index is 11.8. The molecule has 0 aliphatic carbocycles. The van der Waals surface area contributed by atoms with Crippen LogP contribution in [0.4, 0.5) is 0 Å². The predicted octanol–water partition coefficient (Wildman–Crippen LogP) is 1.74. The van der Waals surface area contributed by atoms with Crippen LogP contribution in [0.1, 0.15) is 30.0 Å². The molecule has 18 heavy (non-hydrogen) atoms. The number of carbonyl (C=O) groups excluding carboxylic acids is 1. The van der Waals surface area contributed by atoms with Crippen LogP contribution in [-0.4, -0.2) is 42.6 Å². The van der Waals surface area contributed by atoms with E-state index in [0.717, 1.165) is 31.6 Å². The Morgan fingerprint density at radius 3 is 3.06 bits per heavy atom. The summed E-state index contributed by atoms with van der Waals surface area (Å²) < 4.78 is 4.91. The number of likely N-dealkylation sites (tertiary alicyclic amines) is 1. The third kappa shape index (κ3) is 3.07. The van der Waals surface area contributed by atoms with Gasteiger partial charge in [0.05, 0.1) is 0 Å². The maximum Gasteiger partial charge on any atom is 0.248 e. The van der Waals surface area contributed by atoms with Crippen molar-refractivity contribution in [2.24, 2.45) is 0 Å². The number of amides is 1. The summed E-state index contributed by atoms with van der Waals surface area (Å²) in [5.74, 6) is 0.439. The van der Waals surface area contributed by atoms with Crippen molar-refractivity contribution in [2.45, 2.75) is 25.7 Å². The lowest BCUT2D eigenvalue weighted by atomic mass is 9.94. The van der Waals surface area contributed by atoms with Crippen LogP contribution in [0.25, 0.3) is 0 Å². The number of aromatic nitrogens is 1. The van der Waals surface area contributed by atoms with Crippen LogP contribution in [-0.2, 0) is 9.53 Å². The van der Waals surface area contributed by atoms with Crippen molar-refractivity contribution in [1.29, 1.82) is 0 Å². The molecule has 4 nitrogen and oxygen atoms in total. The van der Waals surface area contributed by atoms with Crippen molar-refractivity contribution < 1.29 is 9.53 Å². The number of aryl methyl sites for hydroxylation is 1. The van der Waals surface area contributed by atoms with Gasteiger partial charge in [-0.05, 0) is 31.4 Å². The largest absolute Gasteiger partial charge is 0.375 e. The molecule has 4 heteroatoms. The van der Waals surface area contributed by atoms with Gasteiger partial charge in [0.15, 0.2) is 0 Å². The third-order valence-corrected chi connectivity index (χ3v) is 3.39. The van der Waals surface area contributed by atoms with E-state index in [2.05, 4.69) is 17.1 Å². The average Bonchev–Trinajstić information content (AvgIpc) is 2.40. The minimum atomic E-state index is 0.0781. The van der Waals surface area contributed by atoms with Crippen molar-refractivity contribution in [3.63, 3.8) is 0 Å². The van der Waals surface area contributed by atoms with Crippen molar-refractivity contribution in [3.8, 4) is 0 Å². The minimum absolute atomic E-state index is 0.0781. The molecule has 1 atom stereocenters. The molecule has 0 N–H and O–H groups in total. The van der Waals surface area contributed by atoms with Gasteiger partial charge in [0.25, 0.3) is 0 Å². The topological polar surface area (TPSA) is 42.4 Å². The smallest absolute Gasteiger partial charge is 0.248 e. The second kappa shape index (κ2) is 5.96. The van der Waals surface area contributed by atoms with Crippen molar-refractivity contribution in [3.05, 3.63) is 29.6 Å². The number of hydrogen-bond acceptors (Lipinski definition) is 3. The minimum Gasteiger partial charge on any atom is -0.375 e. The molecule has 2 heterocycles. The lowest BCUT2D eigenvalue weighted by Gasteiger charge is -2.32. The Labute approximate surface area is 108 Å². The van der Waals surface area contributed by atoms with E-state index in [-0.39, 0.29) is 12.5 Å². The Bertz CT molecular complexity index is 403. The van der Waals surface area contributed by atoms with Crippen LogP contribution < -0.4 is 0 Å². The number of carbonyl (C=O) groups is 1. The second-order valence-electron chi connectivity index (χ2n) is 4.87. The molecular weight excluding hydrogens is 228 g/mol. The van der Waals surface area contributed by atoms with Gasteiger partial charge < -0.3 is 9.64 Å². The zero-order valence-electron chi connectivity index (χ0n) is 11.1. The van der Waals surface area contributed by atoms with E-state index in [9.17, 15) is 4.79 Å². The fourth-order valence-corrected chi connectivity index (χ4v) is 2.38. The highest BCUT2D eigenvalue weighted by Crippen LogP contribution is 2.25. The third-order valence-electron chi connectivity index (χ3n) is 3.39. The SMILES string of the molecule is COCC(=O)N1CCC[C@@H](c2ccc(C)cn2)C1. The van der Waals surface area contributed by atoms with Crippen LogP contribution >= 0.6 is 0 Å². The number of rotatable bonds is 3. The van der Waals surface area contributed by atoms with Gasteiger partial charge in [-0.25, -0.2) is 0 Å². The fourth-order valence-electron chi connectivity index (χ4n) is 2.38. The van der Waals surface area contributed by atoms with Crippen LogP contribution in [0.2, 0.25) is 0 Å². The van der Waals surface area contributed by atoms with E-state index in [4.69, 9.17) is 4.74 Å². The molecule has 1 aromatic heterocycles. The molecule has 1 amide bonds. The average molecular weight is 248 g/mol. The van der Waals surface area contributed by atoms with Crippen molar-refractivity contribution in [2.75, 3.05) is 26.8 Å². The van der Waals surface area contributed by atoms with Crippen LogP contribution in [0.15, 0.2) is 18.3 Å². The van der Waals surface area contributed by atoms with Crippen molar-refractivity contribution in [1.82, 2.24) is 9.88 Å². The van der Waals surface area contributed by atoms with E-state index in [1.165, 1.54) is 5.56 Å². The monoisotopic (exact) mass is 248 g/mol. The number of nitrogens with zero attached hydrogens (tertiary/aromatic N) is 2. The maximum absolute atomic E-state index is 11.8. The van der Waals surface area contributed by atoms with Gasteiger partial charge in [-0.3, -0.25) is 9.78 Å². The lowest BCUT2D eigenvalue weighted by Crippen LogP contribution is -2.41. The highest BCUT2D eigenvalue weighted by atomic mass is 16.5. The number of ether oxygens (including phenoxy) is 1. The molecule has 1 saturated heterocycles. The summed E-state index contributed by atoms with van der Waals surface area (Å²) >= 11 is 0. The van der Waals surface area contributed by atoms with Crippen LogP contribution in [0, 0.1) is 6.92 Å². The van der Waals surface area contributed by atoms with Gasteiger partial charge in [0.1, 0.15) is 6.61 Å². The van der Waals surface area contributed by atoms with Gasteiger partial charge in [-0.15, -0.1) is 0 Å². The number of hydrogen-bond donors (Lipinski definition) is 0. The van der Waals surface area contributed by atoms with Crippen LogP contribution in [0.5, 0.6) is 0 Å². The van der Waals surface area contributed by atoms with E-state index in [1.54, 1.807) is 7.11 Å².